The van der Waals surface area contributed by atoms with Gasteiger partial charge < -0.3 is 18.6 Å². The van der Waals surface area contributed by atoms with Crippen molar-refractivity contribution >= 4 is 34.0 Å². The zero-order valence-electron chi connectivity index (χ0n) is 20.7. The van der Waals surface area contributed by atoms with Crippen LogP contribution in [0.15, 0.2) is 42.5 Å². The number of benzene rings is 2. The van der Waals surface area contributed by atoms with Crippen LogP contribution < -0.4 is 0 Å². The third kappa shape index (κ3) is 4.30. The number of hydrogen-bond acceptors (Lipinski definition) is 4. The molecule has 2 aromatic heterocycles. The minimum absolute atomic E-state index is 0.108. The highest BCUT2D eigenvalue weighted by atomic mass is 19.3. The summed E-state index contributed by atoms with van der Waals surface area (Å²) in [6.07, 6.45) is 3.10. The van der Waals surface area contributed by atoms with Gasteiger partial charge in [0.05, 0.1) is 24.8 Å². The van der Waals surface area contributed by atoms with Crippen molar-refractivity contribution in [3.05, 3.63) is 59.3 Å². The highest BCUT2D eigenvalue weighted by Gasteiger charge is 2.37. The molecule has 0 saturated heterocycles. The second-order valence-corrected chi connectivity index (χ2v) is 9.12. The Kier molecular flexibility index (Phi) is 6.38. The van der Waals surface area contributed by atoms with Crippen molar-refractivity contribution in [1.29, 1.82) is 0 Å². The summed E-state index contributed by atoms with van der Waals surface area (Å²) < 4.78 is 43.1. The van der Waals surface area contributed by atoms with Gasteiger partial charge in [-0.3, -0.25) is 0 Å². The highest BCUT2D eigenvalue weighted by Crippen LogP contribution is 2.40. The fraction of sp³-hybridized carbons (Fsp3) is 0.357. The normalized spacial score (nSPS) is 15.1. The van der Waals surface area contributed by atoms with Gasteiger partial charge in [0.2, 0.25) is 0 Å². The van der Waals surface area contributed by atoms with Crippen LogP contribution in [0.4, 0.5) is 8.78 Å². The van der Waals surface area contributed by atoms with Crippen molar-refractivity contribution in [3.63, 3.8) is 0 Å². The van der Waals surface area contributed by atoms with E-state index in [9.17, 15) is 13.6 Å². The van der Waals surface area contributed by atoms with Gasteiger partial charge in [-0.15, -0.1) is 0 Å². The lowest BCUT2D eigenvalue weighted by atomic mass is 9.92. The molecule has 1 aliphatic carbocycles. The maximum Gasteiger partial charge on any atom is 0.330 e. The number of aromatic nitrogens is 3. The van der Waals surface area contributed by atoms with Gasteiger partial charge >= 0.3 is 5.97 Å². The molecule has 4 aromatic rings. The van der Waals surface area contributed by atoms with Crippen LogP contribution in [0.2, 0.25) is 0 Å². The van der Waals surface area contributed by atoms with Crippen LogP contribution >= 0.6 is 0 Å². The predicted molar refractivity (Wildman–Crippen MR) is 136 cm³/mol. The number of fused-ring (bicyclic) bond motifs is 4. The van der Waals surface area contributed by atoms with Crippen LogP contribution in [0.3, 0.4) is 0 Å². The molecule has 0 radical (unpaired) electrons. The summed E-state index contributed by atoms with van der Waals surface area (Å²) in [5, 5.41) is 0.871. The van der Waals surface area contributed by atoms with Crippen molar-refractivity contribution in [2.45, 2.75) is 45.2 Å². The van der Waals surface area contributed by atoms with Crippen LogP contribution in [0.25, 0.3) is 39.4 Å². The van der Waals surface area contributed by atoms with Crippen LogP contribution in [0, 0.1) is 0 Å². The quantitative estimate of drug-likeness (QED) is 0.247. The second-order valence-electron chi connectivity index (χ2n) is 9.12. The minimum Gasteiger partial charge on any atom is -0.466 e. The molecule has 0 saturated carbocycles. The molecule has 188 valence electrons. The smallest absolute Gasteiger partial charge is 0.330 e. The van der Waals surface area contributed by atoms with E-state index in [1.165, 1.54) is 13.2 Å². The fourth-order valence-electron chi connectivity index (χ4n) is 5.22. The lowest BCUT2D eigenvalue weighted by molar-refractivity contribution is -0.134. The number of methoxy groups -OCH3 is 2. The molecule has 0 aliphatic heterocycles. The average molecular weight is 494 g/mol. The van der Waals surface area contributed by atoms with Gasteiger partial charge in [-0.25, -0.2) is 18.6 Å². The second kappa shape index (κ2) is 9.50. The first-order chi connectivity index (χ1) is 17.3. The van der Waals surface area contributed by atoms with Gasteiger partial charge in [0.1, 0.15) is 5.82 Å². The molecule has 6 nitrogen and oxygen atoms in total. The number of esters is 1. The van der Waals surface area contributed by atoms with E-state index in [1.807, 2.05) is 36.4 Å². The molecule has 2 aromatic carbocycles. The lowest BCUT2D eigenvalue weighted by Crippen LogP contribution is -2.26. The van der Waals surface area contributed by atoms with E-state index >= 15 is 0 Å². The number of imidazole rings is 1. The average Bonchev–Trinajstić information content (AvgIpc) is 3.39. The molecule has 5 rings (SSSR count). The summed E-state index contributed by atoms with van der Waals surface area (Å²) in [7, 11) is 2.99. The van der Waals surface area contributed by atoms with Gasteiger partial charge in [-0.1, -0.05) is 6.07 Å². The van der Waals surface area contributed by atoms with Crippen molar-refractivity contribution in [3.8, 4) is 11.4 Å². The molecule has 0 fully saturated rings. The Morgan fingerprint density at radius 2 is 1.94 bits per heavy atom. The number of hydrogen-bond donors (Lipinski definition) is 0. The molecular formula is C28H29F2N3O3. The summed E-state index contributed by atoms with van der Waals surface area (Å²) in [4.78, 5) is 16.4. The Labute approximate surface area is 208 Å². The number of rotatable bonds is 7. The Morgan fingerprint density at radius 1 is 1.14 bits per heavy atom. The van der Waals surface area contributed by atoms with Gasteiger partial charge in [0.15, 0.2) is 0 Å². The number of aryl methyl sites for hydroxylation is 1. The largest absolute Gasteiger partial charge is 0.466 e. The standard InChI is InChI=1S/C28H29F2N3O3/c1-4-32-23-9-7-19(16-20(23)21-17-28(29,30)12-11-24(21)32)27-31-22-15-18(6-10-26(34)36-3)5-8-25(22)33(27)13-14-35-2/h5-10,15-16H,4,11-14,17H2,1-3H3/b10-6+. The van der Waals surface area contributed by atoms with Crippen LogP contribution in [0.1, 0.15) is 30.2 Å². The first-order valence-electron chi connectivity index (χ1n) is 12.1. The van der Waals surface area contributed by atoms with Crippen molar-refractivity contribution in [1.82, 2.24) is 14.1 Å². The van der Waals surface area contributed by atoms with Crippen molar-refractivity contribution < 1.29 is 23.0 Å². The zero-order chi connectivity index (χ0) is 25.4. The lowest BCUT2D eigenvalue weighted by Gasteiger charge is -2.23. The van der Waals surface area contributed by atoms with E-state index in [-0.39, 0.29) is 12.8 Å². The van der Waals surface area contributed by atoms with E-state index in [2.05, 4.69) is 20.8 Å². The van der Waals surface area contributed by atoms with Gasteiger partial charge in [-0.05, 0) is 60.9 Å². The van der Waals surface area contributed by atoms with E-state index in [0.29, 0.717) is 19.6 Å². The summed E-state index contributed by atoms with van der Waals surface area (Å²) >= 11 is 0. The maximum atomic E-state index is 14.4. The van der Waals surface area contributed by atoms with Crippen LogP contribution in [-0.2, 0) is 40.2 Å². The molecule has 36 heavy (non-hydrogen) atoms. The first kappa shape index (κ1) is 24.2. The third-order valence-electron chi connectivity index (χ3n) is 6.93. The SMILES string of the molecule is CCn1c2c(c3cc(-c4nc5cc(/C=C/C(=O)OC)ccc5n4CCOC)ccc31)CC(F)(F)CC2. The summed E-state index contributed by atoms with van der Waals surface area (Å²) in [5.41, 5.74) is 6.14. The Morgan fingerprint density at radius 3 is 2.69 bits per heavy atom. The predicted octanol–water partition coefficient (Wildman–Crippen LogP) is 5.63. The molecule has 0 unspecified atom stereocenters. The van der Waals surface area contributed by atoms with Gasteiger partial charge in [0, 0.05) is 61.3 Å². The highest BCUT2D eigenvalue weighted by molar-refractivity contribution is 5.92. The topological polar surface area (TPSA) is 58.3 Å². The molecule has 0 N–H and O–H groups in total. The molecular weight excluding hydrogens is 464 g/mol. The van der Waals surface area contributed by atoms with Crippen LogP contribution in [-0.4, -0.2) is 46.8 Å². The molecule has 1 aliphatic rings. The summed E-state index contributed by atoms with van der Waals surface area (Å²) in [6.45, 7) is 3.88. The van der Waals surface area contributed by atoms with E-state index in [0.717, 1.165) is 56.7 Å². The monoisotopic (exact) mass is 493 g/mol. The fourth-order valence-corrected chi connectivity index (χ4v) is 5.22. The van der Waals surface area contributed by atoms with E-state index < -0.39 is 11.9 Å². The maximum absolute atomic E-state index is 14.4. The molecule has 8 heteroatoms. The number of ether oxygens (including phenoxy) is 2. The first-order valence-corrected chi connectivity index (χ1v) is 12.1. The molecule has 0 bridgehead atoms. The van der Waals surface area contributed by atoms with Crippen LogP contribution in [0.5, 0.6) is 0 Å². The molecule has 2 heterocycles. The summed E-state index contributed by atoms with van der Waals surface area (Å²) in [6, 6.07) is 11.8. The molecule has 0 spiro atoms. The molecule has 0 atom stereocenters. The Balaban J connectivity index is 1.65. The third-order valence-corrected chi connectivity index (χ3v) is 6.93. The van der Waals surface area contributed by atoms with Crippen molar-refractivity contribution in [2.75, 3.05) is 20.8 Å². The Bertz CT molecular complexity index is 1480. The zero-order valence-corrected chi connectivity index (χ0v) is 20.7. The Hall–Kier alpha value is -3.52. The number of nitrogens with zero attached hydrogens (tertiary/aromatic N) is 3. The van der Waals surface area contributed by atoms with Crippen molar-refractivity contribution in [2.24, 2.45) is 0 Å². The number of carbonyl (C=O) groups is 1. The van der Waals surface area contributed by atoms with Gasteiger partial charge in [0.25, 0.3) is 5.92 Å². The number of carbonyl (C=O) groups excluding carboxylic acids is 1. The van der Waals surface area contributed by atoms with E-state index in [4.69, 9.17) is 9.72 Å². The van der Waals surface area contributed by atoms with E-state index in [1.54, 1.807) is 13.2 Å². The number of halogens is 2. The molecule has 0 amide bonds. The summed E-state index contributed by atoms with van der Waals surface area (Å²) in [5.74, 6) is -2.36. The minimum atomic E-state index is -2.68. The number of alkyl halides is 2. The van der Waals surface area contributed by atoms with Gasteiger partial charge in [-0.2, -0.15) is 0 Å².